The normalized spacial score (nSPS) is 22.7. The first-order valence-corrected chi connectivity index (χ1v) is 8.44. The molecule has 0 bridgehead atoms. The van der Waals surface area contributed by atoms with Gasteiger partial charge in [-0.2, -0.15) is 5.26 Å². The molecule has 3 heterocycles. The molecule has 0 N–H and O–H groups in total. The zero-order valence-electron chi connectivity index (χ0n) is 13.6. The van der Waals surface area contributed by atoms with Crippen molar-refractivity contribution in [3.8, 4) is 6.07 Å². The van der Waals surface area contributed by atoms with Crippen LogP contribution in [0.15, 0.2) is 12.4 Å². The fraction of sp³-hybridized carbons (Fsp3) is 0.647. The number of anilines is 1. The van der Waals surface area contributed by atoms with Crippen LogP contribution in [0, 0.1) is 23.2 Å². The lowest BCUT2D eigenvalue weighted by Gasteiger charge is -2.37. The summed E-state index contributed by atoms with van der Waals surface area (Å²) in [6.07, 6.45) is 7.15. The molecule has 0 aromatic carbocycles. The summed E-state index contributed by atoms with van der Waals surface area (Å²) in [6, 6.07) is 2.09. The van der Waals surface area contributed by atoms with Crippen molar-refractivity contribution in [2.24, 2.45) is 11.8 Å². The van der Waals surface area contributed by atoms with Crippen molar-refractivity contribution >= 4 is 11.7 Å². The Hall–Kier alpha value is -2.16. The van der Waals surface area contributed by atoms with E-state index in [1.54, 1.807) is 6.20 Å². The summed E-state index contributed by atoms with van der Waals surface area (Å²) in [5, 5.41) is 9.14. The molecule has 1 unspecified atom stereocenters. The van der Waals surface area contributed by atoms with Crippen molar-refractivity contribution in [1.29, 1.82) is 5.26 Å². The molecular formula is C17H23N5O. The molecule has 3 rings (SSSR count). The Kier molecular flexibility index (Phi) is 4.75. The van der Waals surface area contributed by atoms with E-state index in [0.29, 0.717) is 23.3 Å². The first kappa shape index (κ1) is 15.7. The first-order chi connectivity index (χ1) is 11.2. The van der Waals surface area contributed by atoms with E-state index in [9.17, 15) is 4.79 Å². The minimum absolute atomic E-state index is 0.110. The molecule has 0 saturated carbocycles. The fourth-order valence-electron chi connectivity index (χ4n) is 3.63. The summed E-state index contributed by atoms with van der Waals surface area (Å²) in [7, 11) is 0. The minimum atomic E-state index is 0.110. The van der Waals surface area contributed by atoms with Gasteiger partial charge in [0.15, 0.2) is 11.5 Å². The topological polar surface area (TPSA) is 73.1 Å². The average Bonchev–Trinajstić information content (AvgIpc) is 2.61. The van der Waals surface area contributed by atoms with Crippen LogP contribution in [0.1, 0.15) is 38.3 Å². The van der Waals surface area contributed by atoms with E-state index < -0.39 is 0 Å². The maximum absolute atomic E-state index is 12.7. The Morgan fingerprint density at radius 1 is 1.22 bits per heavy atom. The fourth-order valence-corrected chi connectivity index (χ4v) is 3.63. The van der Waals surface area contributed by atoms with Crippen LogP contribution in [0.4, 0.5) is 5.82 Å². The Balaban J connectivity index is 1.60. The molecular weight excluding hydrogens is 290 g/mol. The third-order valence-electron chi connectivity index (χ3n) is 4.90. The number of rotatable bonds is 2. The second-order valence-electron chi connectivity index (χ2n) is 6.63. The highest BCUT2D eigenvalue weighted by Gasteiger charge is 2.31. The number of aromatic nitrogens is 2. The van der Waals surface area contributed by atoms with Crippen molar-refractivity contribution in [1.82, 2.24) is 14.9 Å². The lowest BCUT2D eigenvalue weighted by atomic mass is 9.92. The van der Waals surface area contributed by atoms with E-state index in [1.165, 1.54) is 12.6 Å². The van der Waals surface area contributed by atoms with Gasteiger partial charge in [0.2, 0.25) is 5.91 Å². The van der Waals surface area contributed by atoms with Crippen molar-refractivity contribution in [3.05, 3.63) is 18.1 Å². The molecule has 6 nitrogen and oxygen atoms in total. The van der Waals surface area contributed by atoms with Gasteiger partial charge >= 0.3 is 0 Å². The summed E-state index contributed by atoms with van der Waals surface area (Å²) in [5.74, 6) is 1.69. The Labute approximate surface area is 137 Å². The summed E-state index contributed by atoms with van der Waals surface area (Å²) < 4.78 is 0. The van der Waals surface area contributed by atoms with Gasteiger partial charge in [0, 0.05) is 44.5 Å². The molecule has 1 aromatic rings. The second-order valence-corrected chi connectivity index (χ2v) is 6.63. The maximum Gasteiger partial charge on any atom is 0.225 e. The second kappa shape index (κ2) is 6.95. The summed E-state index contributed by atoms with van der Waals surface area (Å²) in [5.41, 5.74) is 0.363. The molecule has 2 fully saturated rings. The Bertz CT molecular complexity index is 603. The molecule has 0 aliphatic carbocycles. The smallest absolute Gasteiger partial charge is 0.225 e. The third-order valence-corrected chi connectivity index (χ3v) is 4.90. The summed E-state index contributed by atoms with van der Waals surface area (Å²) >= 11 is 0. The minimum Gasteiger partial charge on any atom is -0.354 e. The number of carbonyl (C=O) groups is 1. The van der Waals surface area contributed by atoms with Crippen LogP contribution in [0.2, 0.25) is 0 Å². The van der Waals surface area contributed by atoms with Gasteiger partial charge in [-0.3, -0.25) is 4.79 Å². The standard InChI is InChI=1S/C17H23N5O/c1-13-3-2-8-22(12-13)17(23)14-4-9-21(10-5-14)16-15(11-18)19-6-7-20-16/h6-7,13-14H,2-5,8-10,12H2,1H3. The third kappa shape index (κ3) is 3.44. The first-order valence-electron chi connectivity index (χ1n) is 8.44. The number of hydrogen-bond acceptors (Lipinski definition) is 5. The van der Waals surface area contributed by atoms with Gasteiger partial charge in [-0.05, 0) is 31.6 Å². The quantitative estimate of drug-likeness (QED) is 0.833. The molecule has 6 heteroatoms. The largest absolute Gasteiger partial charge is 0.354 e. The van der Waals surface area contributed by atoms with Crippen LogP contribution in [0.25, 0.3) is 0 Å². The van der Waals surface area contributed by atoms with Crippen LogP contribution >= 0.6 is 0 Å². The molecule has 2 saturated heterocycles. The summed E-state index contributed by atoms with van der Waals surface area (Å²) in [4.78, 5) is 25.2. The number of piperidine rings is 2. The predicted octanol–water partition coefficient (Wildman–Crippen LogP) is 1.82. The number of likely N-dealkylation sites (tertiary alicyclic amines) is 1. The average molecular weight is 313 g/mol. The molecule has 1 amide bonds. The van der Waals surface area contributed by atoms with E-state index in [4.69, 9.17) is 5.26 Å². The van der Waals surface area contributed by atoms with Gasteiger partial charge in [0.25, 0.3) is 0 Å². The zero-order chi connectivity index (χ0) is 16.2. The van der Waals surface area contributed by atoms with Gasteiger partial charge in [-0.25, -0.2) is 9.97 Å². The number of carbonyl (C=O) groups excluding carboxylic acids is 1. The molecule has 0 spiro atoms. The van der Waals surface area contributed by atoms with E-state index in [0.717, 1.165) is 45.4 Å². The van der Waals surface area contributed by atoms with Gasteiger partial charge in [0.05, 0.1) is 0 Å². The molecule has 122 valence electrons. The highest BCUT2D eigenvalue weighted by Crippen LogP contribution is 2.26. The SMILES string of the molecule is CC1CCCN(C(=O)C2CCN(c3nccnc3C#N)CC2)C1. The summed E-state index contributed by atoms with van der Waals surface area (Å²) in [6.45, 7) is 5.55. The van der Waals surface area contributed by atoms with Gasteiger partial charge in [-0.1, -0.05) is 6.92 Å². The van der Waals surface area contributed by atoms with Gasteiger partial charge < -0.3 is 9.80 Å². The Morgan fingerprint density at radius 2 is 1.96 bits per heavy atom. The van der Waals surface area contributed by atoms with Gasteiger partial charge in [-0.15, -0.1) is 0 Å². The number of amides is 1. The Morgan fingerprint density at radius 3 is 2.65 bits per heavy atom. The van der Waals surface area contributed by atoms with E-state index >= 15 is 0 Å². The van der Waals surface area contributed by atoms with Crippen molar-refractivity contribution in [2.45, 2.75) is 32.6 Å². The van der Waals surface area contributed by atoms with E-state index in [1.807, 2.05) is 0 Å². The lowest BCUT2D eigenvalue weighted by Crippen LogP contribution is -2.46. The highest BCUT2D eigenvalue weighted by molar-refractivity contribution is 5.79. The number of nitriles is 1. The monoisotopic (exact) mass is 313 g/mol. The molecule has 1 atom stereocenters. The molecule has 23 heavy (non-hydrogen) atoms. The van der Waals surface area contributed by atoms with E-state index in [-0.39, 0.29) is 5.92 Å². The van der Waals surface area contributed by atoms with Gasteiger partial charge in [0.1, 0.15) is 6.07 Å². The molecule has 2 aliphatic rings. The van der Waals surface area contributed by atoms with Crippen molar-refractivity contribution in [2.75, 3.05) is 31.1 Å². The maximum atomic E-state index is 12.7. The van der Waals surface area contributed by atoms with Crippen molar-refractivity contribution < 1.29 is 4.79 Å². The highest BCUT2D eigenvalue weighted by atomic mass is 16.2. The van der Waals surface area contributed by atoms with Crippen LogP contribution < -0.4 is 4.90 Å². The lowest BCUT2D eigenvalue weighted by molar-refractivity contribution is -0.137. The van der Waals surface area contributed by atoms with E-state index in [2.05, 4.69) is 32.8 Å². The zero-order valence-corrected chi connectivity index (χ0v) is 13.6. The predicted molar refractivity (Wildman–Crippen MR) is 86.7 cm³/mol. The van der Waals surface area contributed by atoms with Crippen LogP contribution in [-0.4, -0.2) is 47.0 Å². The number of hydrogen-bond donors (Lipinski definition) is 0. The van der Waals surface area contributed by atoms with Crippen LogP contribution in [0.5, 0.6) is 0 Å². The molecule has 2 aliphatic heterocycles. The molecule has 1 aromatic heterocycles. The van der Waals surface area contributed by atoms with Crippen LogP contribution in [-0.2, 0) is 4.79 Å². The molecule has 0 radical (unpaired) electrons. The van der Waals surface area contributed by atoms with Crippen molar-refractivity contribution in [3.63, 3.8) is 0 Å². The number of nitrogens with zero attached hydrogens (tertiary/aromatic N) is 5. The van der Waals surface area contributed by atoms with Crippen LogP contribution in [0.3, 0.4) is 0 Å².